The summed E-state index contributed by atoms with van der Waals surface area (Å²) in [6, 6.07) is 9.18. The number of rotatable bonds is 3. The summed E-state index contributed by atoms with van der Waals surface area (Å²) in [5.41, 5.74) is 3.09. The lowest BCUT2D eigenvalue weighted by Gasteiger charge is -2.07. The second kappa shape index (κ2) is 6.11. The van der Waals surface area contributed by atoms with Crippen LogP contribution in [0.25, 0.3) is 16.9 Å². The number of anilines is 1. The third-order valence-corrected chi connectivity index (χ3v) is 4.26. The van der Waals surface area contributed by atoms with Gasteiger partial charge in [0.05, 0.1) is 23.8 Å². The van der Waals surface area contributed by atoms with Gasteiger partial charge >= 0.3 is 0 Å². The van der Waals surface area contributed by atoms with Crippen LogP contribution in [0.5, 0.6) is 0 Å². The molecule has 0 aliphatic rings. The van der Waals surface area contributed by atoms with Crippen LogP contribution in [0.15, 0.2) is 47.1 Å². The van der Waals surface area contributed by atoms with E-state index < -0.39 is 0 Å². The molecular formula is C19H17N5O2. The molecule has 3 heterocycles. The topological polar surface area (TPSA) is 85.8 Å². The highest BCUT2D eigenvalue weighted by Gasteiger charge is 2.14. The molecule has 130 valence electrons. The summed E-state index contributed by atoms with van der Waals surface area (Å²) < 4.78 is 7.44. The fourth-order valence-corrected chi connectivity index (χ4v) is 2.86. The van der Waals surface area contributed by atoms with Gasteiger partial charge in [-0.05, 0) is 32.9 Å². The molecule has 0 atom stereocenters. The molecule has 0 saturated heterocycles. The molecule has 1 amide bonds. The Hall–Kier alpha value is -3.48. The van der Waals surface area contributed by atoms with Crippen LogP contribution in [0.1, 0.15) is 27.8 Å². The predicted molar refractivity (Wildman–Crippen MR) is 97.5 cm³/mol. The van der Waals surface area contributed by atoms with Crippen LogP contribution in [-0.4, -0.2) is 25.4 Å². The van der Waals surface area contributed by atoms with Crippen LogP contribution in [0.2, 0.25) is 0 Å². The van der Waals surface area contributed by atoms with Crippen LogP contribution in [0.4, 0.5) is 5.69 Å². The van der Waals surface area contributed by atoms with Crippen LogP contribution < -0.4 is 5.32 Å². The molecule has 7 heteroatoms. The molecule has 0 fully saturated rings. The van der Waals surface area contributed by atoms with Crippen LogP contribution >= 0.6 is 0 Å². The number of aromatic nitrogens is 4. The highest BCUT2D eigenvalue weighted by Crippen LogP contribution is 2.20. The van der Waals surface area contributed by atoms with E-state index in [1.165, 1.54) is 0 Å². The Kier molecular flexibility index (Phi) is 3.76. The van der Waals surface area contributed by atoms with Gasteiger partial charge in [0.15, 0.2) is 5.76 Å². The van der Waals surface area contributed by atoms with Gasteiger partial charge < -0.3 is 9.73 Å². The van der Waals surface area contributed by atoms with E-state index in [0.29, 0.717) is 17.2 Å². The van der Waals surface area contributed by atoms with Crippen molar-refractivity contribution in [1.82, 2.24) is 19.5 Å². The summed E-state index contributed by atoms with van der Waals surface area (Å²) in [6.07, 6.45) is 3.13. The number of imidazole rings is 1. The lowest BCUT2D eigenvalue weighted by Crippen LogP contribution is -2.12. The van der Waals surface area contributed by atoms with Gasteiger partial charge in [0, 0.05) is 11.1 Å². The van der Waals surface area contributed by atoms with Crippen LogP contribution in [0, 0.1) is 20.8 Å². The Bertz CT molecular complexity index is 1080. The van der Waals surface area contributed by atoms with E-state index in [9.17, 15) is 4.79 Å². The zero-order valence-electron chi connectivity index (χ0n) is 14.6. The maximum Gasteiger partial charge on any atom is 0.291 e. The molecule has 0 bridgehead atoms. The van der Waals surface area contributed by atoms with Gasteiger partial charge in [0.25, 0.3) is 5.91 Å². The second-order valence-corrected chi connectivity index (χ2v) is 6.04. The monoisotopic (exact) mass is 347 g/mol. The maximum atomic E-state index is 12.4. The molecule has 0 aliphatic carbocycles. The number of furan rings is 1. The third-order valence-electron chi connectivity index (χ3n) is 4.26. The van der Waals surface area contributed by atoms with E-state index in [2.05, 4.69) is 20.3 Å². The number of fused-ring (bicyclic) bond motifs is 1. The number of carbonyl (C=O) groups excluding carboxylic acids is 1. The van der Waals surface area contributed by atoms with Crippen molar-refractivity contribution in [3.05, 3.63) is 65.7 Å². The Labute approximate surface area is 149 Å². The molecule has 3 aromatic heterocycles. The van der Waals surface area contributed by atoms with E-state index in [0.717, 1.165) is 22.6 Å². The summed E-state index contributed by atoms with van der Waals surface area (Å²) in [7, 11) is 0. The summed E-state index contributed by atoms with van der Waals surface area (Å²) in [6.45, 7) is 5.82. The molecule has 4 rings (SSSR count). The van der Waals surface area contributed by atoms with Crippen LogP contribution in [-0.2, 0) is 0 Å². The van der Waals surface area contributed by atoms with Crippen molar-refractivity contribution in [3.8, 4) is 5.95 Å². The number of nitrogens with one attached hydrogen (secondary N) is 1. The van der Waals surface area contributed by atoms with Gasteiger partial charge in [-0.3, -0.25) is 9.36 Å². The third kappa shape index (κ3) is 2.73. The Morgan fingerprint density at radius 3 is 2.50 bits per heavy atom. The van der Waals surface area contributed by atoms with Gasteiger partial charge in [-0.15, -0.1) is 0 Å². The Balaban J connectivity index is 1.56. The van der Waals surface area contributed by atoms with Gasteiger partial charge in [-0.1, -0.05) is 18.2 Å². The minimum Gasteiger partial charge on any atom is -0.451 e. The Morgan fingerprint density at radius 2 is 1.85 bits per heavy atom. The van der Waals surface area contributed by atoms with Gasteiger partial charge in [-0.25, -0.2) is 15.0 Å². The number of para-hydroxylation sites is 1. The highest BCUT2D eigenvalue weighted by atomic mass is 16.3. The number of hydrogen-bond acceptors (Lipinski definition) is 5. The van der Waals surface area contributed by atoms with E-state index >= 15 is 0 Å². The molecule has 0 saturated carbocycles. The average Bonchev–Trinajstić information content (AvgIpc) is 3.17. The standard InChI is InChI=1S/C19H17N5O2/c1-11-12(2)24(13(3)22-11)19-20-9-15(10-21-19)23-18(25)17-8-14-6-4-5-7-16(14)26-17/h4-10H,1-3H3,(H,23,25). The smallest absolute Gasteiger partial charge is 0.291 e. The molecule has 26 heavy (non-hydrogen) atoms. The normalized spacial score (nSPS) is 11.0. The zero-order chi connectivity index (χ0) is 18.3. The quantitative estimate of drug-likeness (QED) is 0.612. The number of nitrogens with zero attached hydrogens (tertiary/aromatic N) is 4. The number of hydrogen-bond donors (Lipinski definition) is 1. The first-order valence-corrected chi connectivity index (χ1v) is 8.18. The predicted octanol–water partition coefficient (Wildman–Crippen LogP) is 3.59. The first-order chi connectivity index (χ1) is 12.5. The SMILES string of the molecule is Cc1nc(C)n(-c2ncc(NC(=O)c3cc4ccccc4o3)cn2)c1C. The van der Waals surface area contributed by atoms with E-state index in [1.54, 1.807) is 18.5 Å². The second-order valence-electron chi connectivity index (χ2n) is 6.04. The molecule has 4 aromatic rings. The molecule has 0 aliphatic heterocycles. The van der Waals surface area contributed by atoms with Crippen LogP contribution in [0.3, 0.4) is 0 Å². The molecule has 0 spiro atoms. The molecule has 7 nitrogen and oxygen atoms in total. The Morgan fingerprint density at radius 1 is 1.12 bits per heavy atom. The molecule has 0 unspecified atom stereocenters. The highest BCUT2D eigenvalue weighted by molar-refractivity contribution is 6.04. The van der Waals surface area contributed by atoms with Crippen molar-refractivity contribution in [2.24, 2.45) is 0 Å². The minimum absolute atomic E-state index is 0.243. The lowest BCUT2D eigenvalue weighted by atomic mass is 10.2. The first-order valence-electron chi connectivity index (χ1n) is 8.18. The molecule has 1 aromatic carbocycles. The number of benzene rings is 1. The van der Waals surface area contributed by atoms with Crippen molar-refractivity contribution in [2.75, 3.05) is 5.32 Å². The largest absolute Gasteiger partial charge is 0.451 e. The zero-order valence-corrected chi connectivity index (χ0v) is 14.6. The van der Waals surface area contributed by atoms with Crippen molar-refractivity contribution >= 4 is 22.6 Å². The molecular weight excluding hydrogens is 330 g/mol. The number of carbonyl (C=O) groups is 1. The van der Waals surface area contributed by atoms with Gasteiger partial charge in [-0.2, -0.15) is 0 Å². The van der Waals surface area contributed by atoms with Gasteiger partial charge in [0.1, 0.15) is 11.4 Å². The van der Waals surface area contributed by atoms with Gasteiger partial charge in [0.2, 0.25) is 5.95 Å². The summed E-state index contributed by atoms with van der Waals surface area (Å²) in [4.78, 5) is 25.5. The average molecular weight is 347 g/mol. The summed E-state index contributed by atoms with van der Waals surface area (Å²) >= 11 is 0. The van der Waals surface area contributed by atoms with Crippen molar-refractivity contribution in [3.63, 3.8) is 0 Å². The number of aryl methyl sites for hydroxylation is 2. The summed E-state index contributed by atoms with van der Waals surface area (Å²) in [5.74, 6) is 1.23. The van der Waals surface area contributed by atoms with Crippen molar-refractivity contribution in [1.29, 1.82) is 0 Å². The van der Waals surface area contributed by atoms with Crippen molar-refractivity contribution in [2.45, 2.75) is 20.8 Å². The first kappa shape index (κ1) is 16.0. The minimum atomic E-state index is -0.344. The maximum absolute atomic E-state index is 12.4. The van der Waals surface area contributed by atoms with E-state index in [-0.39, 0.29) is 11.7 Å². The molecule has 1 N–H and O–H groups in total. The van der Waals surface area contributed by atoms with E-state index in [1.807, 2.05) is 49.6 Å². The van der Waals surface area contributed by atoms with E-state index in [4.69, 9.17) is 4.42 Å². The fraction of sp³-hybridized carbons (Fsp3) is 0.158. The van der Waals surface area contributed by atoms with Crippen molar-refractivity contribution < 1.29 is 9.21 Å². The number of amides is 1. The fourth-order valence-electron chi connectivity index (χ4n) is 2.86. The lowest BCUT2D eigenvalue weighted by molar-refractivity contribution is 0.0998. The summed E-state index contributed by atoms with van der Waals surface area (Å²) in [5, 5.41) is 3.63. The molecule has 0 radical (unpaired) electrons.